The Kier molecular flexibility index (Phi) is 8.62. The molecule has 0 atom stereocenters. The lowest BCUT2D eigenvalue weighted by Gasteiger charge is -2.18. The molecule has 31 heavy (non-hydrogen) atoms. The number of carbonyl (C=O) groups excluding carboxylic acids is 3. The molecule has 1 aliphatic heterocycles. The number of hydrogen-bond acceptors (Lipinski definition) is 6. The lowest BCUT2D eigenvalue weighted by Crippen LogP contribution is -2.25. The standard InChI is InChI=1S/C20H22BN3O3.C3H8O/c1-2-3-8-24-9-12-16(20(24)27)18(23)13(10-25)15(17(12)22)19(26)11-6-4-5-7-14(11)21;1-3-4-2/h6-7,10H,2-5,8-9,22-23H2,1H3;3H2,1-2H3. The van der Waals surface area contributed by atoms with Crippen LogP contribution in [0.3, 0.4) is 0 Å². The fourth-order valence-electron chi connectivity index (χ4n) is 3.64. The van der Waals surface area contributed by atoms with E-state index in [1.165, 1.54) is 0 Å². The maximum absolute atomic E-state index is 13.1. The van der Waals surface area contributed by atoms with E-state index in [9.17, 15) is 14.4 Å². The van der Waals surface area contributed by atoms with Gasteiger partial charge in [-0.3, -0.25) is 14.4 Å². The van der Waals surface area contributed by atoms with Crippen molar-refractivity contribution in [2.45, 2.75) is 46.1 Å². The van der Waals surface area contributed by atoms with Crippen LogP contribution in [0, 0.1) is 0 Å². The highest BCUT2D eigenvalue weighted by Crippen LogP contribution is 2.39. The topological polar surface area (TPSA) is 116 Å². The number of nitrogens with two attached hydrogens (primary N) is 2. The summed E-state index contributed by atoms with van der Waals surface area (Å²) in [6.45, 7) is 5.67. The summed E-state index contributed by atoms with van der Waals surface area (Å²) in [6.07, 6.45) is 7.23. The molecule has 1 aromatic carbocycles. The quantitative estimate of drug-likeness (QED) is 0.302. The SMILES string of the molecule is CCOC.[B]C1=CCCC=C1C(=O)c1c(N)c2c(c(N)c1C=O)C(=O)N(CCCC)C2. The largest absolute Gasteiger partial charge is 0.398 e. The number of fused-ring (bicyclic) bond motifs is 1. The molecule has 1 aromatic rings. The number of unbranched alkanes of at least 4 members (excludes halogenated alkanes) is 1. The van der Waals surface area contributed by atoms with Gasteiger partial charge in [0, 0.05) is 43.6 Å². The van der Waals surface area contributed by atoms with Crippen molar-refractivity contribution in [2.24, 2.45) is 0 Å². The fourth-order valence-corrected chi connectivity index (χ4v) is 3.64. The smallest absolute Gasteiger partial charge is 0.256 e. The lowest BCUT2D eigenvalue weighted by molar-refractivity contribution is 0.0777. The number of Topliss-reactive ketones (excluding diaryl/α,β-unsaturated/α-hetero) is 1. The monoisotopic (exact) mass is 423 g/mol. The molecule has 7 nitrogen and oxygen atoms in total. The van der Waals surface area contributed by atoms with Crippen molar-refractivity contribution < 1.29 is 19.1 Å². The van der Waals surface area contributed by atoms with Gasteiger partial charge in [0.25, 0.3) is 5.91 Å². The molecular formula is C23H30BN3O4. The highest BCUT2D eigenvalue weighted by molar-refractivity contribution is 6.33. The number of allylic oxidation sites excluding steroid dienone is 4. The maximum Gasteiger partial charge on any atom is 0.256 e. The number of ketones is 1. The summed E-state index contributed by atoms with van der Waals surface area (Å²) in [5, 5.41) is 0. The van der Waals surface area contributed by atoms with Crippen molar-refractivity contribution in [3.63, 3.8) is 0 Å². The summed E-state index contributed by atoms with van der Waals surface area (Å²) in [4.78, 5) is 39.2. The summed E-state index contributed by atoms with van der Waals surface area (Å²) in [5.74, 6) is -0.682. The molecule has 0 fully saturated rings. The Morgan fingerprint density at radius 1 is 1.23 bits per heavy atom. The van der Waals surface area contributed by atoms with Gasteiger partial charge in [0.2, 0.25) is 0 Å². The number of anilines is 2. The van der Waals surface area contributed by atoms with E-state index < -0.39 is 5.78 Å². The van der Waals surface area contributed by atoms with Gasteiger partial charge < -0.3 is 21.1 Å². The van der Waals surface area contributed by atoms with E-state index in [2.05, 4.69) is 4.74 Å². The van der Waals surface area contributed by atoms with E-state index in [1.54, 1.807) is 24.2 Å². The van der Waals surface area contributed by atoms with Crippen LogP contribution in [0.25, 0.3) is 0 Å². The zero-order chi connectivity index (χ0) is 23.1. The van der Waals surface area contributed by atoms with Crippen LogP contribution in [0.1, 0.15) is 76.2 Å². The van der Waals surface area contributed by atoms with Crippen LogP contribution >= 0.6 is 0 Å². The number of benzene rings is 1. The number of nitrogens with zero attached hydrogens (tertiary/aromatic N) is 1. The third-order valence-corrected chi connectivity index (χ3v) is 5.43. The molecule has 8 heteroatoms. The number of carbonyl (C=O) groups is 3. The van der Waals surface area contributed by atoms with E-state index in [4.69, 9.17) is 19.3 Å². The van der Waals surface area contributed by atoms with Crippen molar-refractivity contribution in [2.75, 3.05) is 31.7 Å². The van der Waals surface area contributed by atoms with E-state index >= 15 is 0 Å². The first kappa shape index (κ1) is 24.4. The van der Waals surface area contributed by atoms with Gasteiger partial charge in [-0.15, -0.1) is 0 Å². The molecular weight excluding hydrogens is 393 g/mol. The first-order chi connectivity index (χ1) is 14.8. The van der Waals surface area contributed by atoms with Crippen LogP contribution in [0.2, 0.25) is 0 Å². The summed E-state index contributed by atoms with van der Waals surface area (Å²) < 4.78 is 4.54. The van der Waals surface area contributed by atoms with Crippen LogP contribution in [-0.2, 0) is 11.3 Å². The number of methoxy groups -OCH3 is 1. The number of rotatable bonds is 7. The second kappa shape index (κ2) is 11.0. The van der Waals surface area contributed by atoms with Crippen LogP contribution in [-0.4, -0.2) is 51.0 Å². The minimum Gasteiger partial charge on any atom is -0.398 e. The predicted molar refractivity (Wildman–Crippen MR) is 123 cm³/mol. The highest BCUT2D eigenvalue weighted by Gasteiger charge is 2.36. The van der Waals surface area contributed by atoms with Gasteiger partial charge in [-0.2, -0.15) is 0 Å². The number of amides is 1. The fraction of sp³-hybridized carbons (Fsp3) is 0.435. The summed E-state index contributed by atoms with van der Waals surface area (Å²) in [5.41, 5.74) is 14.0. The maximum atomic E-state index is 13.1. The summed E-state index contributed by atoms with van der Waals surface area (Å²) in [6, 6.07) is 0. The molecule has 1 amide bonds. The molecule has 0 aromatic heterocycles. The molecule has 0 saturated heterocycles. The van der Waals surface area contributed by atoms with Gasteiger partial charge in [0.1, 0.15) is 7.85 Å². The summed E-state index contributed by atoms with van der Waals surface area (Å²) in [7, 11) is 7.64. The normalized spacial score (nSPS) is 14.9. The van der Waals surface area contributed by atoms with Crippen molar-refractivity contribution in [3.8, 4) is 0 Å². The van der Waals surface area contributed by atoms with Gasteiger partial charge in [-0.25, -0.2) is 0 Å². The zero-order valence-corrected chi connectivity index (χ0v) is 18.5. The zero-order valence-electron chi connectivity index (χ0n) is 18.5. The van der Waals surface area contributed by atoms with Gasteiger partial charge >= 0.3 is 0 Å². The minimum atomic E-state index is -0.433. The lowest BCUT2D eigenvalue weighted by atomic mass is 9.78. The van der Waals surface area contributed by atoms with E-state index in [0.717, 1.165) is 25.9 Å². The Balaban J connectivity index is 0.000000785. The molecule has 4 N–H and O–H groups in total. The summed E-state index contributed by atoms with van der Waals surface area (Å²) >= 11 is 0. The Morgan fingerprint density at radius 3 is 2.42 bits per heavy atom. The van der Waals surface area contributed by atoms with Gasteiger partial charge in [-0.1, -0.05) is 31.0 Å². The Morgan fingerprint density at radius 2 is 1.87 bits per heavy atom. The molecule has 2 aliphatic rings. The third kappa shape index (κ3) is 4.90. The Hall–Kier alpha value is -2.87. The molecule has 164 valence electrons. The minimum absolute atomic E-state index is 0.0144. The van der Waals surface area contributed by atoms with Crippen LogP contribution in [0.5, 0.6) is 0 Å². The second-order valence-electron chi connectivity index (χ2n) is 7.43. The van der Waals surface area contributed by atoms with E-state index in [1.807, 2.05) is 13.8 Å². The van der Waals surface area contributed by atoms with Crippen LogP contribution in [0.15, 0.2) is 23.2 Å². The van der Waals surface area contributed by atoms with Crippen molar-refractivity contribution in [1.82, 2.24) is 4.90 Å². The van der Waals surface area contributed by atoms with Gasteiger partial charge in [-0.05, 0) is 26.2 Å². The first-order valence-electron chi connectivity index (χ1n) is 10.5. The Bertz CT molecular complexity index is 935. The molecule has 1 heterocycles. The number of hydrogen-bond donors (Lipinski definition) is 2. The third-order valence-electron chi connectivity index (χ3n) is 5.43. The molecule has 1 aliphatic carbocycles. The van der Waals surface area contributed by atoms with Crippen LogP contribution < -0.4 is 11.5 Å². The molecule has 0 bridgehead atoms. The predicted octanol–water partition coefficient (Wildman–Crippen LogP) is 3.03. The first-order valence-corrected chi connectivity index (χ1v) is 10.5. The highest BCUT2D eigenvalue weighted by atomic mass is 16.5. The van der Waals surface area contributed by atoms with Crippen molar-refractivity contribution >= 4 is 37.2 Å². The van der Waals surface area contributed by atoms with Crippen molar-refractivity contribution in [1.29, 1.82) is 0 Å². The molecule has 2 radical (unpaired) electrons. The average Bonchev–Trinajstić information content (AvgIpc) is 3.11. The van der Waals surface area contributed by atoms with E-state index in [-0.39, 0.29) is 40.5 Å². The molecule has 0 spiro atoms. The Labute approximate surface area is 184 Å². The molecule has 3 rings (SSSR count). The number of aldehydes is 1. The van der Waals surface area contributed by atoms with Crippen molar-refractivity contribution in [3.05, 3.63) is 45.5 Å². The van der Waals surface area contributed by atoms with Crippen LogP contribution in [0.4, 0.5) is 11.4 Å². The average molecular weight is 423 g/mol. The van der Waals surface area contributed by atoms with Gasteiger partial charge in [0.15, 0.2) is 12.1 Å². The molecule has 0 unspecified atom stereocenters. The van der Waals surface area contributed by atoms with Gasteiger partial charge in [0.05, 0.1) is 22.4 Å². The molecule has 0 saturated carbocycles. The van der Waals surface area contributed by atoms with E-state index in [0.29, 0.717) is 35.9 Å². The second-order valence-corrected chi connectivity index (χ2v) is 7.43. The number of nitrogen functional groups attached to an aromatic ring is 2. The number of ether oxygens (including phenoxy) is 1.